The average molecular weight is 250 g/mol. The van der Waals surface area contributed by atoms with Gasteiger partial charge in [-0.25, -0.2) is 0 Å². The maximum atomic E-state index is 4.38. The van der Waals surface area contributed by atoms with Crippen LogP contribution in [0.5, 0.6) is 0 Å². The fourth-order valence-corrected chi connectivity index (χ4v) is 2.67. The van der Waals surface area contributed by atoms with E-state index in [1.165, 1.54) is 31.4 Å². The molecule has 1 aromatic rings. The highest BCUT2D eigenvalue weighted by Gasteiger charge is 2.14. The van der Waals surface area contributed by atoms with Crippen LogP contribution in [0.4, 0.5) is 0 Å². The first-order valence-corrected chi connectivity index (χ1v) is 7.21. The van der Waals surface area contributed by atoms with E-state index < -0.39 is 0 Å². The zero-order valence-corrected chi connectivity index (χ0v) is 11.7. The van der Waals surface area contributed by atoms with Crippen LogP contribution in [0.15, 0.2) is 12.4 Å². The van der Waals surface area contributed by atoms with Crippen LogP contribution < -0.4 is 5.32 Å². The molecule has 0 amide bonds. The van der Waals surface area contributed by atoms with Crippen LogP contribution in [0, 0.1) is 0 Å². The summed E-state index contributed by atoms with van der Waals surface area (Å²) < 4.78 is 2.04. The highest BCUT2D eigenvalue weighted by Crippen LogP contribution is 2.09. The first-order valence-electron chi connectivity index (χ1n) is 7.21. The van der Waals surface area contributed by atoms with Crippen molar-refractivity contribution in [1.82, 2.24) is 20.0 Å². The molecule has 1 saturated heterocycles. The molecule has 1 aromatic heterocycles. The molecule has 1 unspecified atom stereocenters. The van der Waals surface area contributed by atoms with Gasteiger partial charge in [-0.05, 0) is 32.9 Å². The van der Waals surface area contributed by atoms with E-state index in [0.29, 0.717) is 6.04 Å². The lowest BCUT2D eigenvalue weighted by Gasteiger charge is -2.27. The molecule has 1 aliphatic heterocycles. The van der Waals surface area contributed by atoms with Crippen LogP contribution in [-0.4, -0.2) is 40.9 Å². The van der Waals surface area contributed by atoms with E-state index in [-0.39, 0.29) is 0 Å². The Balaban J connectivity index is 1.76. The van der Waals surface area contributed by atoms with E-state index >= 15 is 0 Å². The SMILES string of the molecule is CCCn1cc(CN(C)CC2CCCCN2)cn1. The number of nitrogens with zero attached hydrogens (tertiary/aromatic N) is 3. The highest BCUT2D eigenvalue weighted by molar-refractivity contribution is 5.03. The second kappa shape index (κ2) is 6.90. The number of likely N-dealkylation sites (N-methyl/N-ethyl adjacent to an activating group) is 1. The lowest BCUT2D eigenvalue weighted by Crippen LogP contribution is -2.42. The second-order valence-electron chi connectivity index (χ2n) is 5.46. The summed E-state index contributed by atoms with van der Waals surface area (Å²) in [6, 6.07) is 0.675. The Morgan fingerprint density at radius 3 is 3.11 bits per heavy atom. The molecular formula is C14H26N4. The molecule has 18 heavy (non-hydrogen) atoms. The first kappa shape index (κ1) is 13.6. The molecular weight excluding hydrogens is 224 g/mol. The third kappa shape index (κ3) is 4.10. The van der Waals surface area contributed by atoms with Crippen molar-refractivity contribution in [3.63, 3.8) is 0 Å². The van der Waals surface area contributed by atoms with E-state index in [1.54, 1.807) is 0 Å². The fraction of sp³-hybridized carbons (Fsp3) is 0.786. The van der Waals surface area contributed by atoms with Crippen LogP contribution >= 0.6 is 0 Å². The molecule has 0 aromatic carbocycles. The number of hydrogen-bond acceptors (Lipinski definition) is 3. The van der Waals surface area contributed by atoms with Gasteiger partial charge in [-0.1, -0.05) is 13.3 Å². The smallest absolute Gasteiger partial charge is 0.0534 e. The van der Waals surface area contributed by atoms with E-state index in [0.717, 1.165) is 26.1 Å². The van der Waals surface area contributed by atoms with Gasteiger partial charge in [0.25, 0.3) is 0 Å². The molecule has 4 nitrogen and oxygen atoms in total. The molecule has 1 atom stereocenters. The van der Waals surface area contributed by atoms with Crippen molar-refractivity contribution in [2.75, 3.05) is 20.1 Å². The van der Waals surface area contributed by atoms with Crippen molar-refractivity contribution in [2.45, 2.75) is 51.7 Å². The van der Waals surface area contributed by atoms with Gasteiger partial charge in [-0.15, -0.1) is 0 Å². The number of rotatable bonds is 6. The first-order chi connectivity index (χ1) is 8.78. The highest BCUT2D eigenvalue weighted by atomic mass is 15.3. The summed E-state index contributed by atoms with van der Waals surface area (Å²) in [6.07, 6.45) is 9.35. The molecule has 0 saturated carbocycles. The zero-order valence-electron chi connectivity index (χ0n) is 11.7. The van der Waals surface area contributed by atoms with Crippen molar-refractivity contribution in [3.8, 4) is 0 Å². The van der Waals surface area contributed by atoms with Gasteiger partial charge < -0.3 is 10.2 Å². The summed E-state index contributed by atoms with van der Waals surface area (Å²) in [6.45, 7) is 6.53. The monoisotopic (exact) mass is 250 g/mol. The van der Waals surface area contributed by atoms with Crippen molar-refractivity contribution in [1.29, 1.82) is 0 Å². The van der Waals surface area contributed by atoms with Crippen molar-refractivity contribution >= 4 is 0 Å². The van der Waals surface area contributed by atoms with Crippen LogP contribution in [0.1, 0.15) is 38.2 Å². The van der Waals surface area contributed by atoms with Crippen LogP contribution in [0.25, 0.3) is 0 Å². The van der Waals surface area contributed by atoms with Crippen LogP contribution in [0.2, 0.25) is 0 Å². The molecule has 0 radical (unpaired) electrons. The van der Waals surface area contributed by atoms with Gasteiger partial charge in [0.15, 0.2) is 0 Å². The normalized spacial score (nSPS) is 20.5. The Hall–Kier alpha value is -0.870. The number of hydrogen-bond donors (Lipinski definition) is 1. The number of aryl methyl sites for hydroxylation is 1. The van der Waals surface area contributed by atoms with Gasteiger partial charge in [0.2, 0.25) is 0 Å². The molecule has 1 N–H and O–H groups in total. The second-order valence-corrected chi connectivity index (χ2v) is 5.46. The molecule has 0 spiro atoms. The lowest BCUT2D eigenvalue weighted by molar-refractivity contribution is 0.256. The van der Waals surface area contributed by atoms with Crippen LogP contribution in [-0.2, 0) is 13.1 Å². The Labute approximate surface area is 110 Å². The van der Waals surface area contributed by atoms with Crippen LogP contribution in [0.3, 0.4) is 0 Å². The zero-order chi connectivity index (χ0) is 12.8. The Morgan fingerprint density at radius 2 is 2.39 bits per heavy atom. The van der Waals surface area contributed by atoms with Gasteiger partial charge in [0, 0.05) is 37.4 Å². The van der Waals surface area contributed by atoms with Gasteiger partial charge >= 0.3 is 0 Å². The van der Waals surface area contributed by atoms with Gasteiger partial charge in [0.05, 0.1) is 6.20 Å². The average Bonchev–Trinajstić information content (AvgIpc) is 2.78. The molecule has 2 heterocycles. The predicted molar refractivity (Wildman–Crippen MR) is 74.5 cm³/mol. The van der Waals surface area contributed by atoms with Gasteiger partial charge in [-0.3, -0.25) is 4.68 Å². The summed E-state index contributed by atoms with van der Waals surface area (Å²) in [5, 5.41) is 7.98. The predicted octanol–water partition coefficient (Wildman–Crippen LogP) is 1.87. The van der Waals surface area contributed by atoms with E-state index in [1.807, 2.05) is 10.9 Å². The minimum absolute atomic E-state index is 0.675. The Bertz CT molecular complexity index is 341. The molecule has 1 fully saturated rings. The summed E-state index contributed by atoms with van der Waals surface area (Å²) in [4.78, 5) is 2.40. The molecule has 1 aliphatic rings. The fourth-order valence-electron chi connectivity index (χ4n) is 2.67. The van der Waals surface area contributed by atoms with Crippen molar-refractivity contribution in [3.05, 3.63) is 18.0 Å². The maximum absolute atomic E-state index is 4.38. The standard InChI is InChI=1S/C14H26N4/c1-3-8-18-11-13(9-16-18)10-17(2)12-14-6-4-5-7-15-14/h9,11,14-15H,3-8,10,12H2,1-2H3. The summed E-state index contributed by atoms with van der Waals surface area (Å²) in [5.41, 5.74) is 1.32. The molecule has 2 rings (SSSR count). The third-order valence-electron chi connectivity index (χ3n) is 3.54. The van der Waals surface area contributed by atoms with E-state index in [2.05, 4.69) is 35.5 Å². The number of piperidine rings is 1. The third-order valence-corrected chi connectivity index (χ3v) is 3.54. The lowest BCUT2D eigenvalue weighted by atomic mass is 10.0. The minimum Gasteiger partial charge on any atom is -0.313 e. The van der Waals surface area contributed by atoms with E-state index in [9.17, 15) is 0 Å². The Kier molecular flexibility index (Phi) is 5.20. The number of aromatic nitrogens is 2. The van der Waals surface area contributed by atoms with Crippen molar-refractivity contribution in [2.24, 2.45) is 0 Å². The summed E-state index contributed by atoms with van der Waals surface area (Å²) in [5.74, 6) is 0. The topological polar surface area (TPSA) is 33.1 Å². The largest absolute Gasteiger partial charge is 0.313 e. The molecule has 0 aliphatic carbocycles. The van der Waals surface area contributed by atoms with E-state index in [4.69, 9.17) is 0 Å². The maximum Gasteiger partial charge on any atom is 0.0534 e. The molecule has 102 valence electrons. The number of nitrogens with one attached hydrogen (secondary N) is 1. The molecule has 0 bridgehead atoms. The summed E-state index contributed by atoms with van der Waals surface area (Å²) >= 11 is 0. The Morgan fingerprint density at radius 1 is 1.50 bits per heavy atom. The quantitative estimate of drug-likeness (QED) is 0.836. The van der Waals surface area contributed by atoms with Gasteiger partial charge in [-0.2, -0.15) is 5.10 Å². The van der Waals surface area contributed by atoms with Crippen molar-refractivity contribution < 1.29 is 0 Å². The minimum atomic E-state index is 0.675. The molecule has 4 heteroatoms. The summed E-state index contributed by atoms with van der Waals surface area (Å²) in [7, 11) is 2.20. The van der Waals surface area contributed by atoms with Gasteiger partial charge in [0.1, 0.15) is 0 Å².